The number of hydrogen-bond donors (Lipinski definition) is 1. The van der Waals surface area contributed by atoms with Gasteiger partial charge in [0, 0.05) is 30.7 Å². The Morgan fingerprint density at radius 1 is 1.47 bits per heavy atom. The number of nitrogens with one attached hydrogen (secondary N) is 1. The minimum atomic E-state index is -0.279. The lowest BCUT2D eigenvalue weighted by Crippen LogP contribution is -2.42. The molecule has 5 nitrogen and oxygen atoms in total. The van der Waals surface area contributed by atoms with E-state index >= 15 is 0 Å². The Balaban J connectivity index is 1.99. The molecule has 1 N–H and O–H groups in total. The average Bonchev–Trinajstić information content (AvgIpc) is 2.67. The van der Waals surface area contributed by atoms with Crippen molar-refractivity contribution in [1.29, 1.82) is 0 Å². The second-order valence-electron chi connectivity index (χ2n) is 3.88. The van der Waals surface area contributed by atoms with Gasteiger partial charge in [-0.15, -0.1) is 0 Å². The van der Waals surface area contributed by atoms with Crippen LogP contribution in [0.25, 0.3) is 0 Å². The van der Waals surface area contributed by atoms with Crippen molar-refractivity contribution < 1.29 is 14.4 Å². The predicted octanol–water partition coefficient (Wildman–Crippen LogP) is -0.420. The summed E-state index contributed by atoms with van der Waals surface area (Å²) in [4.78, 5) is 35.0. The number of carbonyl (C=O) groups is 3. The first kappa shape index (κ1) is 9.89. The van der Waals surface area contributed by atoms with Gasteiger partial charge in [-0.3, -0.25) is 19.3 Å². The van der Waals surface area contributed by atoms with Crippen LogP contribution in [0.5, 0.6) is 0 Å². The normalized spacial score (nSPS) is 25.9. The quantitative estimate of drug-likeness (QED) is 0.627. The molecule has 1 saturated heterocycles. The summed E-state index contributed by atoms with van der Waals surface area (Å²) in [5.41, 5.74) is 0.462. The molecule has 1 unspecified atom stereocenters. The summed E-state index contributed by atoms with van der Waals surface area (Å²) in [5.74, 6) is -0.538. The highest BCUT2D eigenvalue weighted by atomic mass is 16.2. The van der Waals surface area contributed by atoms with E-state index in [-0.39, 0.29) is 30.3 Å². The molecule has 0 bridgehead atoms. The molecule has 1 atom stereocenters. The smallest absolute Gasteiger partial charge is 0.256 e. The summed E-state index contributed by atoms with van der Waals surface area (Å²) in [7, 11) is 0. The lowest BCUT2D eigenvalue weighted by Gasteiger charge is -2.18. The van der Waals surface area contributed by atoms with E-state index in [9.17, 15) is 14.4 Å². The van der Waals surface area contributed by atoms with Crippen LogP contribution in [0.2, 0.25) is 0 Å². The van der Waals surface area contributed by atoms with Gasteiger partial charge < -0.3 is 5.32 Å². The summed E-state index contributed by atoms with van der Waals surface area (Å²) < 4.78 is 0. The van der Waals surface area contributed by atoms with Crippen molar-refractivity contribution in [3.63, 3.8) is 0 Å². The minimum absolute atomic E-state index is 0.0104. The van der Waals surface area contributed by atoms with Crippen molar-refractivity contribution in [3.05, 3.63) is 11.6 Å². The van der Waals surface area contributed by atoms with E-state index in [0.717, 1.165) is 0 Å². The third-order valence-electron chi connectivity index (χ3n) is 2.68. The first-order valence-electron chi connectivity index (χ1n) is 4.91. The largest absolute Gasteiger partial charge is 0.352 e. The van der Waals surface area contributed by atoms with Gasteiger partial charge in [-0.25, -0.2) is 0 Å². The second-order valence-corrected chi connectivity index (χ2v) is 3.88. The molecule has 3 amide bonds. The van der Waals surface area contributed by atoms with E-state index in [0.29, 0.717) is 18.4 Å². The Hall–Kier alpha value is -1.65. The molecule has 0 aliphatic carbocycles. The number of carbonyl (C=O) groups excluding carboxylic acids is 3. The highest BCUT2D eigenvalue weighted by Crippen LogP contribution is 2.15. The van der Waals surface area contributed by atoms with Crippen LogP contribution in [-0.4, -0.2) is 35.2 Å². The maximum absolute atomic E-state index is 11.5. The molecule has 2 aliphatic rings. The summed E-state index contributed by atoms with van der Waals surface area (Å²) in [6.45, 7) is 1.91. The molecule has 80 valence electrons. The van der Waals surface area contributed by atoms with Gasteiger partial charge >= 0.3 is 0 Å². The molecule has 2 aliphatic heterocycles. The van der Waals surface area contributed by atoms with Gasteiger partial charge in [-0.1, -0.05) is 0 Å². The van der Waals surface area contributed by atoms with Gasteiger partial charge in [0.2, 0.25) is 5.91 Å². The SMILES string of the molecule is CC1=CC(=O)N(CC2CCC(=O)N2)C1=O. The van der Waals surface area contributed by atoms with Crippen LogP contribution >= 0.6 is 0 Å². The number of nitrogens with zero attached hydrogens (tertiary/aromatic N) is 1. The molecule has 15 heavy (non-hydrogen) atoms. The molecule has 0 aromatic rings. The Kier molecular flexibility index (Phi) is 2.30. The van der Waals surface area contributed by atoms with Crippen LogP contribution in [0.15, 0.2) is 11.6 Å². The van der Waals surface area contributed by atoms with Crippen molar-refractivity contribution in [1.82, 2.24) is 10.2 Å². The molecule has 1 fully saturated rings. The predicted molar refractivity (Wildman–Crippen MR) is 51.6 cm³/mol. The fraction of sp³-hybridized carbons (Fsp3) is 0.500. The topological polar surface area (TPSA) is 66.5 Å². The third kappa shape index (κ3) is 1.77. The van der Waals surface area contributed by atoms with Crippen molar-refractivity contribution in [2.75, 3.05) is 6.54 Å². The van der Waals surface area contributed by atoms with Gasteiger partial charge in [0.15, 0.2) is 0 Å². The minimum Gasteiger partial charge on any atom is -0.352 e. The number of rotatable bonds is 2. The van der Waals surface area contributed by atoms with Crippen LogP contribution < -0.4 is 5.32 Å². The Morgan fingerprint density at radius 2 is 2.20 bits per heavy atom. The van der Waals surface area contributed by atoms with Gasteiger partial charge in [-0.2, -0.15) is 0 Å². The monoisotopic (exact) mass is 208 g/mol. The molecule has 0 saturated carbocycles. The summed E-state index contributed by atoms with van der Waals surface area (Å²) in [5, 5.41) is 2.73. The van der Waals surface area contributed by atoms with E-state index in [1.54, 1.807) is 6.92 Å². The molecule has 0 spiro atoms. The van der Waals surface area contributed by atoms with Crippen molar-refractivity contribution in [2.45, 2.75) is 25.8 Å². The maximum Gasteiger partial charge on any atom is 0.256 e. The summed E-state index contributed by atoms with van der Waals surface area (Å²) >= 11 is 0. The van der Waals surface area contributed by atoms with Crippen molar-refractivity contribution >= 4 is 17.7 Å². The van der Waals surface area contributed by atoms with Crippen LogP contribution in [0, 0.1) is 0 Å². The zero-order valence-electron chi connectivity index (χ0n) is 8.45. The number of imide groups is 1. The van der Waals surface area contributed by atoms with Crippen LogP contribution in [0.4, 0.5) is 0 Å². The van der Waals surface area contributed by atoms with Crippen LogP contribution in [-0.2, 0) is 14.4 Å². The summed E-state index contributed by atoms with van der Waals surface area (Å²) in [6, 6.07) is -0.0790. The van der Waals surface area contributed by atoms with Crippen molar-refractivity contribution in [3.8, 4) is 0 Å². The molecular weight excluding hydrogens is 196 g/mol. The number of hydrogen-bond acceptors (Lipinski definition) is 3. The van der Waals surface area contributed by atoms with Gasteiger partial charge in [-0.05, 0) is 13.3 Å². The highest BCUT2D eigenvalue weighted by molar-refractivity contribution is 6.15. The lowest BCUT2D eigenvalue weighted by atomic mass is 10.2. The summed E-state index contributed by atoms with van der Waals surface area (Å²) in [6.07, 6.45) is 2.50. The zero-order chi connectivity index (χ0) is 11.0. The van der Waals surface area contributed by atoms with Gasteiger partial charge in [0.1, 0.15) is 0 Å². The molecule has 2 heterocycles. The Bertz CT molecular complexity index is 373. The van der Waals surface area contributed by atoms with Crippen molar-refractivity contribution in [2.24, 2.45) is 0 Å². The van der Waals surface area contributed by atoms with Crippen LogP contribution in [0.1, 0.15) is 19.8 Å². The highest BCUT2D eigenvalue weighted by Gasteiger charge is 2.32. The zero-order valence-corrected chi connectivity index (χ0v) is 8.45. The first-order chi connectivity index (χ1) is 7.08. The average molecular weight is 208 g/mol. The Morgan fingerprint density at radius 3 is 2.67 bits per heavy atom. The molecule has 5 heteroatoms. The van der Waals surface area contributed by atoms with Crippen LogP contribution in [0.3, 0.4) is 0 Å². The first-order valence-corrected chi connectivity index (χ1v) is 4.91. The fourth-order valence-electron chi connectivity index (χ4n) is 1.85. The molecule has 0 aromatic carbocycles. The molecule has 0 aromatic heterocycles. The number of amides is 3. The van der Waals surface area contributed by atoms with E-state index in [1.165, 1.54) is 11.0 Å². The van der Waals surface area contributed by atoms with Gasteiger partial charge in [0.25, 0.3) is 11.8 Å². The third-order valence-corrected chi connectivity index (χ3v) is 2.68. The molecule has 2 rings (SSSR count). The van der Waals surface area contributed by atoms with E-state index in [2.05, 4.69) is 5.32 Å². The van der Waals surface area contributed by atoms with E-state index in [4.69, 9.17) is 0 Å². The standard InChI is InChI=1S/C10H12N2O3/c1-6-4-9(14)12(10(6)15)5-7-2-3-8(13)11-7/h4,7H,2-3,5H2,1H3,(H,11,13). The molecular formula is C10H12N2O3. The van der Waals surface area contributed by atoms with E-state index < -0.39 is 0 Å². The second kappa shape index (κ2) is 3.49. The lowest BCUT2D eigenvalue weighted by molar-refractivity contribution is -0.137. The maximum atomic E-state index is 11.5. The van der Waals surface area contributed by atoms with E-state index in [1.807, 2.05) is 0 Å². The Labute approximate surface area is 87.1 Å². The fourth-order valence-corrected chi connectivity index (χ4v) is 1.85. The van der Waals surface area contributed by atoms with Gasteiger partial charge in [0.05, 0.1) is 0 Å². The molecule has 0 radical (unpaired) electrons.